The Bertz CT molecular complexity index is 614. The van der Waals surface area contributed by atoms with Crippen LogP contribution in [0.25, 0.3) is 0 Å². The lowest BCUT2D eigenvalue weighted by Gasteiger charge is -2.43. The van der Waals surface area contributed by atoms with Gasteiger partial charge in [-0.05, 0) is 74.5 Å². The van der Waals surface area contributed by atoms with Crippen molar-refractivity contribution in [1.29, 1.82) is 0 Å². The molecule has 0 radical (unpaired) electrons. The number of hydrogen-bond donors (Lipinski definition) is 2. The van der Waals surface area contributed by atoms with E-state index in [9.17, 15) is 4.79 Å². The predicted octanol–water partition coefficient (Wildman–Crippen LogP) is 2.84. The van der Waals surface area contributed by atoms with Gasteiger partial charge in [0.2, 0.25) is 5.91 Å². The fraction of sp³-hybridized carbons (Fsp3) is 0.714. The van der Waals surface area contributed by atoms with Crippen molar-refractivity contribution in [2.75, 3.05) is 18.0 Å². The zero-order valence-corrected chi connectivity index (χ0v) is 15.7. The van der Waals surface area contributed by atoms with E-state index in [0.717, 1.165) is 37.3 Å². The number of pyridine rings is 1. The van der Waals surface area contributed by atoms with E-state index in [4.69, 9.17) is 5.73 Å². The molecule has 1 aromatic heterocycles. The van der Waals surface area contributed by atoms with Gasteiger partial charge in [0, 0.05) is 37.8 Å². The van der Waals surface area contributed by atoms with E-state index < -0.39 is 0 Å². The van der Waals surface area contributed by atoms with Gasteiger partial charge in [0.15, 0.2) is 0 Å². The molecule has 26 heavy (non-hydrogen) atoms. The van der Waals surface area contributed by atoms with Crippen LogP contribution in [0.1, 0.15) is 56.9 Å². The van der Waals surface area contributed by atoms with Crippen LogP contribution in [0, 0.1) is 17.8 Å². The summed E-state index contributed by atoms with van der Waals surface area (Å²) in [5.74, 6) is 2.50. The van der Waals surface area contributed by atoms with Crippen molar-refractivity contribution in [2.45, 2.75) is 64.0 Å². The number of anilines is 1. The molecule has 2 bridgehead atoms. The van der Waals surface area contributed by atoms with Crippen LogP contribution < -0.4 is 16.0 Å². The maximum absolute atomic E-state index is 12.7. The summed E-state index contributed by atoms with van der Waals surface area (Å²) in [7, 11) is 0. The van der Waals surface area contributed by atoms with Gasteiger partial charge < -0.3 is 16.0 Å². The molecule has 4 rings (SSSR count). The van der Waals surface area contributed by atoms with Crippen LogP contribution in [-0.4, -0.2) is 30.0 Å². The predicted molar refractivity (Wildman–Crippen MR) is 104 cm³/mol. The van der Waals surface area contributed by atoms with Gasteiger partial charge in [-0.25, -0.2) is 4.98 Å². The minimum absolute atomic E-state index is 0.147. The average Bonchev–Trinajstić information content (AvgIpc) is 2.67. The number of nitrogens with zero attached hydrogens (tertiary/aromatic N) is 2. The number of aromatic nitrogens is 1. The largest absolute Gasteiger partial charge is 0.357 e. The Hall–Kier alpha value is -1.62. The van der Waals surface area contributed by atoms with Crippen molar-refractivity contribution in [2.24, 2.45) is 23.5 Å². The fourth-order valence-corrected chi connectivity index (χ4v) is 5.20. The summed E-state index contributed by atoms with van der Waals surface area (Å²) in [5.41, 5.74) is 7.50. The highest BCUT2D eigenvalue weighted by Crippen LogP contribution is 2.41. The summed E-state index contributed by atoms with van der Waals surface area (Å²) >= 11 is 0. The molecule has 3 aliphatic rings. The van der Waals surface area contributed by atoms with Crippen LogP contribution >= 0.6 is 0 Å². The summed E-state index contributed by atoms with van der Waals surface area (Å²) in [4.78, 5) is 19.6. The first-order chi connectivity index (χ1) is 12.7. The molecule has 3 N–H and O–H groups in total. The second kappa shape index (κ2) is 7.95. The summed E-state index contributed by atoms with van der Waals surface area (Å²) in [5, 5.41) is 3.18. The van der Waals surface area contributed by atoms with Crippen LogP contribution in [0.4, 0.5) is 5.82 Å². The SMILES string of the molecule is NC1C2CCCC1CC(C(=O)NCc1ccnc(N3CCCCC3)c1)C2. The molecule has 1 saturated heterocycles. The summed E-state index contributed by atoms with van der Waals surface area (Å²) in [6, 6.07) is 4.47. The molecule has 3 fully saturated rings. The van der Waals surface area contributed by atoms with E-state index in [1.165, 1.54) is 38.5 Å². The zero-order chi connectivity index (χ0) is 17.9. The minimum Gasteiger partial charge on any atom is -0.357 e. The molecule has 142 valence electrons. The normalized spacial score (nSPS) is 31.5. The number of piperidine rings is 1. The summed E-state index contributed by atoms with van der Waals surface area (Å²) in [6.45, 7) is 2.78. The molecule has 1 aromatic rings. The number of fused-ring (bicyclic) bond motifs is 2. The lowest BCUT2D eigenvalue weighted by atomic mass is 9.65. The number of carbonyl (C=O) groups excluding carboxylic acids is 1. The van der Waals surface area contributed by atoms with Crippen molar-refractivity contribution in [3.8, 4) is 0 Å². The molecule has 1 amide bonds. The van der Waals surface area contributed by atoms with Crippen molar-refractivity contribution < 1.29 is 4.79 Å². The molecular weight excluding hydrogens is 324 g/mol. The second-order valence-corrected chi connectivity index (χ2v) is 8.48. The van der Waals surface area contributed by atoms with E-state index >= 15 is 0 Å². The van der Waals surface area contributed by atoms with Gasteiger partial charge in [0.05, 0.1) is 0 Å². The molecule has 5 heteroatoms. The average molecular weight is 357 g/mol. The number of hydrogen-bond acceptors (Lipinski definition) is 4. The first-order valence-electron chi connectivity index (χ1n) is 10.4. The van der Waals surface area contributed by atoms with Gasteiger partial charge >= 0.3 is 0 Å². The van der Waals surface area contributed by atoms with Crippen molar-refractivity contribution in [3.63, 3.8) is 0 Å². The van der Waals surface area contributed by atoms with E-state index in [0.29, 0.717) is 24.4 Å². The Morgan fingerprint density at radius 3 is 2.62 bits per heavy atom. The van der Waals surface area contributed by atoms with Gasteiger partial charge in [-0.1, -0.05) is 6.42 Å². The highest BCUT2D eigenvalue weighted by molar-refractivity contribution is 5.78. The van der Waals surface area contributed by atoms with Gasteiger partial charge in [-0.3, -0.25) is 4.79 Å². The van der Waals surface area contributed by atoms with E-state index in [2.05, 4.69) is 21.3 Å². The lowest BCUT2D eigenvalue weighted by molar-refractivity contribution is -0.128. The lowest BCUT2D eigenvalue weighted by Crippen LogP contribution is -2.49. The maximum Gasteiger partial charge on any atom is 0.223 e. The van der Waals surface area contributed by atoms with E-state index in [-0.39, 0.29) is 11.8 Å². The molecule has 2 atom stereocenters. The van der Waals surface area contributed by atoms with Crippen LogP contribution in [0.5, 0.6) is 0 Å². The standard InChI is InChI=1S/C21H32N4O/c22-20-16-5-4-6-17(20)13-18(12-16)21(26)24-14-15-7-8-23-19(11-15)25-9-2-1-3-10-25/h7-8,11,16-18,20H,1-6,9-10,12-14,22H2,(H,24,26). The third-order valence-electron chi connectivity index (χ3n) is 6.74. The first kappa shape index (κ1) is 17.8. The van der Waals surface area contributed by atoms with Crippen molar-refractivity contribution in [3.05, 3.63) is 23.9 Å². The van der Waals surface area contributed by atoms with Gasteiger partial charge in [-0.15, -0.1) is 0 Å². The quantitative estimate of drug-likeness (QED) is 0.870. The van der Waals surface area contributed by atoms with Crippen molar-refractivity contribution >= 4 is 11.7 Å². The monoisotopic (exact) mass is 356 g/mol. The van der Waals surface area contributed by atoms with Crippen LogP contribution in [0.2, 0.25) is 0 Å². The third-order valence-corrected chi connectivity index (χ3v) is 6.74. The molecule has 2 saturated carbocycles. The van der Waals surface area contributed by atoms with Crippen LogP contribution in [0.15, 0.2) is 18.3 Å². The molecule has 2 heterocycles. The summed E-state index contributed by atoms with van der Waals surface area (Å²) in [6.07, 6.45) is 11.3. The highest BCUT2D eigenvalue weighted by atomic mass is 16.1. The minimum atomic E-state index is 0.147. The number of carbonyl (C=O) groups is 1. The first-order valence-corrected chi connectivity index (χ1v) is 10.4. The number of amides is 1. The molecule has 5 nitrogen and oxygen atoms in total. The Labute approximate surface area is 156 Å². The van der Waals surface area contributed by atoms with Crippen LogP contribution in [0.3, 0.4) is 0 Å². The highest BCUT2D eigenvalue weighted by Gasteiger charge is 2.40. The number of nitrogens with one attached hydrogen (secondary N) is 1. The third kappa shape index (κ3) is 3.88. The van der Waals surface area contributed by atoms with E-state index in [1.54, 1.807) is 0 Å². The van der Waals surface area contributed by atoms with Crippen molar-refractivity contribution in [1.82, 2.24) is 10.3 Å². The smallest absolute Gasteiger partial charge is 0.223 e. The Balaban J connectivity index is 1.33. The number of nitrogens with two attached hydrogens (primary N) is 1. The second-order valence-electron chi connectivity index (χ2n) is 8.48. The van der Waals surface area contributed by atoms with Crippen LogP contribution in [-0.2, 0) is 11.3 Å². The van der Waals surface area contributed by atoms with Gasteiger partial charge in [-0.2, -0.15) is 0 Å². The molecule has 1 aliphatic heterocycles. The zero-order valence-electron chi connectivity index (χ0n) is 15.7. The molecule has 0 spiro atoms. The Morgan fingerprint density at radius 1 is 1.15 bits per heavy atom. The molecule has 2 unspecified atom stereocenters. The topological polar surface area (TPSA) is 71.2 Å². The maximum atomic E-state index is 12.7. The van der Waals surface area contributed by atoms with Gasteiger partial charge in [0.25, 0.3) is 0 Å². The number of rotatable bonds is 4. The Kier molecular flexibility index (Phi) is 5.44. The van der Waals surface area contributed by atoms with Gasteiger partial charge in [0.1, 0.15) is 5.82 Å². The molecular formula is C21H32N4O. The molecule has 0 aromatic carbocycles. The molecule has 2 aliphatic carbocycles. The summed E-state index contributed by atoms with van der Waals surface area (Å²) < 4.78 is 0. The Morgan fingerprint density at radius 2 is 1.88 bits per heavy atom. The van der Waals surface area contributed by atoms with E-state index in [1.807, 2.05) is 12.3 Å². The fourth-order valence-electron chi connectivity index (χ4n) is 5.20.